The van der Waals surface area contributed by atoms with Crippen molar-refractivity contribution in [1.29, 1.82) is 0 Å². The largest absolute Gasteiger partial charge is 0.363 e. The third-order valence-corrected chi connectivity index (χ3v) is 5.20. The van der Waals surface area contributed by atoms with Gasteiger partial charge in [-0.2, -0.15) is 0 Å². The van der Waals surface area contributed by atoms with Gasteiger partial charge in [-0.3, -0.25) is 0 Å². The number of aromatic nitrogens is 4. The Balaban J connectivity index is 1.58. The van der Waals surface area contributed by atoms with E-state index in [1.807, 2.05) is 30.0 Å². The number of hydrogen-bond acceptors (Lipinski definition) is 7. The number of hydrogen-bond donors (Lipinski definition) is 0. The smallest absolute Gasteiger partial charge is 0.183 e. The Bertz CT molecular complexity index is 753. The van der Waals surface area contributed by atoms with Crippen LogP contribution in [-0.4, -0.2) is 59.7 Å². The third kappa shape index (κ3) is 2.96. The summed E-state index contributed by atoms with van der Waals surface area (Å²) >= 11 is 0. The number of halogens is 1. The Labute approximate surface area is 146 Å². The van der Waals surface area contributed by atoms with E-state index in [9.17, 15) is 4.39 Å². The molecule has 4 rings (SSSR count). The summed E-state index contributed by atoms with van der Waals surface area (Å²) in [6.07, 6.45) is 6.43. The van der Waals surface area contributed by atoms with E-state index in [0.717, 1.165) is 44.1 Å². The lowest BCUT2D eigenvalue weighted by Crippen LogP contribution is -2.49. The van der Waals surface area contributed by atoms with Gasteiger partial charge in [0.15, 0.2) is 11.6 Å². The van der Waals surface area contributed by atoms with Gasteiger partial charge in [0, 0.05) is 39.8 Å². The number of anilines is 3. The van der Waals surface area contributed by atoms with Gasteiger partial charge in [-0.05, 0) is 18.8 Å². The lowest BCUT2D eigenvalue weighted by atomic mass is 9.92. The predicted molar refractivity (Wildman–Crippen MR) is 94.4 cm³/mol. The molecule has 0 amide bonds. The van der Waals surface area contributed by atoms with Gasteiger partial charge in [-0.15, -0.1) is 0 Å². The molecule has 2 aromatic rings. The molecule has 132 valence electrons. The fourth-order valence-electron chi connectivity index (χ4n) is 3.90. The highest BCUT2D eigenvalue weighted by Crippen LogP contribution is 2.36. The standard InChI is InChI=1S/C17H22FN7/c1-23(2)15-7-16(21-11-20-15)25-6-4-12-3-5-24(9-14(12)25)17-13(18)8-19-10-22-17/h7-8,10-12,14H,3-6,9H2,1-2H3. The lowest BCUT2D eigenvalue weighted by molar-refractivity contribution is 0.385. The van der Waals surface area contributed by atoms with E-state index in [1.165, 1.54) is 12.5 Å². The molecule has 2 aliphatic heterocycles. The van der Waals surface area contributed by atoms with Gasteiger partial charge < -0.3 is 14.7 Å². The van der Waals surface area contributed by atoms with Crippen LogP contribution in [0.15, 0.2) is 24.9 Å². The maximum absolute atomic E-state index is 14.1. The molecular formula is C17H22FN7. The van der Waals surface area contributed by atoms with Gasteiger partial charge in [-0.25, -0.2) is 24.3 Å². The van der Waals surface area contributed by atoms with E-state index < -0.39 is 0 Å². The summed E-state index contributed by atoms with van der Waals surface area (Å²) in [4.78, 5) is 23.0. The van der Waals surface area contributed by atoms with Crippen LogP contribution in [0.3, 0.4) is 0 Å². The van der Waals surface area contributed by atoms with Crippen LogP contribution < -0.4 is 14.7 Å². The first-order valence-corrected chi connectivity index (χ1v) is 8.60. The monoisotopic (exact) mass is 343 g/mol. The number of nitrogens with zero attached hydrogens (tertiary/aromatic N) is 7. The molecule has 0 spiro atoms. The molecule has 7 nitrogen and oxygen atoms in total. The summed E-state index contributed by atoms with van der Waals surface area (Å²) in [5.41, 5.74) is 0. The van der Waals surface area contributed by atoms with Crippen molar-refractivity contribution >= 4 is 17.5 Å². The van der Waals surface area contributed by atoms with Crippen LogP contribution in [0.2, 0.25) is 0 Å². The van der Waals surface area contributed by atoms with Crippen molar-refractivity contribution < 1.29 is 4.39 Å². The Morgan fingerprint density at radius 2 is 1.96 bits per heavy atom. The molecule has 2 aromatic heterocycles. The van der Waals surface area contributed by atoms with Crippen LogP contribution in [0.1, 0.15) is 12.8 Å². The van der Waals surface area contributed by atoms with Crippen molar-refractivity contribution in [2.75, 3.05) is 48.4 Å². The zero-order valence-corrected chi connectivity index (χ0v) is 14.5. The maximum Gasteiger partial charge on any atom is 0.183 e. The summed E-state index contributed by atoms with van der Waals surface area (Å²) in [6, 6.07) is 2.33. The summed E-state index contributed by atoms with van der Waals surface area (Å²) < 4.78 is 14.1. The van der Waals surface area contributed by atoms with Gasteiger partial charge in [0.25, 0.3) is 0 Å². The van der Waals surface area contributed by atoms with E-state index in [0.29, 0.717) is 17.8 Å². The van der Waals surface area contributed by atoms with Crippen molar-refractivity contribution in [2.24, 2.45) is 5.92 Å². The summed E-state index contributed by atoms with van der Waals surface area (Å²) in [5.74, 6) is 2.48. The second-order valence-corrected chi connectivity index (χ2v) is 6.87. The highest BCUT2D eigenvalue weighted by molar-refractivity contribution is 5.52. The molecule has 2 unspecified atom stereocenters. The van der Waals surface area contributed by atoms with E-state index >= 15 is 0 Å². The van der Waals surface area contributed by atoms with Crippen molar-refractivity contribution in [3.63, 3.8) is 0 Å². The van der Waals surface area contributed by atoms with Crippen LogP contribution >= 0.6 is 0 Å². The molecule has 8 heteroatoms. The van der Waals surface area contributed by atoms with Gasteiger partial charge in [0.1, 0.15) is 24.3 Å². The van der Waals surface area contributed by atoms with Gasteiger partial charge in [0.05, 0.1) is 12.2 Å². The highest BCUT2D eigenvalue weighted by atomic mass is 19.1. The highest BCUT2D eigenvalue weighted by Gasteiger charge is 2.39. The van der Waals surface area contributed by atoms with Crippen molar-refractivity contribution in [3.8, 4) is 0 Å². The molecule has 0 radical (unpaired) electrons. The summed E-state index contributed by atoms with van der Waals surface area (Å²) in [7, 11) is 3.94. The molecule has 0 saturated carbocycles. The van der Waals surface area contributed by atoms with Crippen LogP contribution in [-0.2, 0) is 0 Å². The third-order valence-electron chi connectivity index (χ3n) is 5.20. The molecule has 2 aliphatic rings. The minimum Gasteiger partial charge on any atom is -0.363 e. The average Bonchev–Trinajstić information content (AvgIpc) is 3.05. The maximum atomic E-state index is 14.1. The van der Waals surface area contributed by atoms with Gasteiger partial charge >= 0.3 is 0 Å². The van der Waals surface area contributed by atoms with Crippen molar-refractivity contribution in [2.45, 2.75) is 18.9 Å². The molecular weight excluding hydrogens is 321 g/mol. The Hall–Kier alpha value is -2.51. The topological polar surface area (TPSA) is 61.3 Å². The molecule has 2 atom stereocenters. The first-order valence-electron chi connectivity index (χ1n) is 8.60. The predicted octanol–water partition coefficient (Wildman–Crippen LogP) is 1.58. The van der Waals surface area contributed by atoms with Crippen LogP contribution in [0.25, 0.3) is 0 Å². The minimum atomic E-state index is -0.359. The number of fused-ring (bicyclic) bond motifs is 1. The van der Waals surface area contributed by atoms with Crippen molar-refractivity contribution in [3.05, 3.63) is 30.7 Å². The molecule has 4 heterocycles. The van der Waals surface area contributed by atoms with E-state index in [-0.39, 0.29) is 5.82 Å². The van der Waals surface area contributed by atoms with E-state index in [2.05, 4.69) is 24.8 Å². The molecule has 0 aromatic carbocycles. The average molecular weight is 343 g/mol. The first kappa shape index (κ1) is 16.0. The Kier molecular flexibility index (Phi) is 4.10. The summed E-state index contributed by atoms with van der Waals surface area (Å²) in [5, 5.41) is 0. The van der Waals surface area contributed by atoms with E-state index in [1.54, 1.807) is 6.33 Å². The zero-order valence-electron chi connectivity index (χ0n) is 14.5. The second-order valence-electron chi connectivity index (χ2n) is 6.87. The first-order chi connectivity index (χ1) is 12.1. The van der Waals surface area contributed by atoms with Gasteiger partial charge in [0.2, 0.25) is 0 Å². The Morgan fingerprint density at radius 1 is 1.12 bits per heavy atom. The minimum absolute atomic E-state index is 0.313. The molecule has 0 aliphatic carbocycles. The second kappa shape index (κ2) is 6.42. The van der Waals surface area contributed by atoms with E-state index in [4.69, 9.17) is 0 Å². The summed E-state index contributed by atoms with van der Waals surface area (Å²) in [6.45, 7) is 2.55. The molecule has 0 N–H and O–H groups in total. The number of rotatable bonds is 3. The van der Waals surface area contributed by atoms with Crippen LogP contribution in [0, 0.1) is 11.7 Å². The molecule has 0 bridgehead atoms. The zero-order chi connectivity index (χ0) is 17.4. The van der Waals surface area contributed by atoms with Gasteiger partial charge in [-0.1, -0.05) is 0 Å². The fourth-order valence-corrected chi connectivity index (χ4v) is 3.90. The Morgan fingerprint density at radius 3 is 2.76 bits per heavy atom. The molecule has 2 fully saturated rings. The van der Waals surface area contributed by atoms with Crippen LogP contribution in [0.4, 0.5) is 21.8 Å². The fraction of sp³-hybridized carbons (Fsp3) is 0.529. The van der Waals surface area contributed by atoms with Crippen LogP contribution in [0.5, 0.6) is 0 Å². The SMILES string of the molecule is CN(C)c1cc(N2CCC3CCN(c4ncncc4F)CC32)ncn1. The normalized spacial score (nSPS) is 22.8. The quantitative estimate of drug-likeness (QED) is 0.838. The van der Waals surface area contributed by atoms with Crippen molar-refractivity contribution in [1.82, 2.24) is 19.9 Å². The lowest BCUT2D eigenvalue weighted by Gasteiger charge is -2.39. The number of piperidine rings is 1. The molecule has 25 heavy (non-hydrogen) atoms. The molecule has 2 saturated heterocycles.